The number of rotatable bonds is 2. The van der Waals surface area contributed by atoms with Gasteiger partial charge in [-0.15, -0.1) is 0 Å². The highest BCUT2D eigenvalue weighted by Crippen LogP contribution is 2.25. The summed E-state index contributed by atoms with van der Waals surface area (Å²) in [7, 11) is 0. The number of carbonyl (C=O) groups is 1. The van der Waals surface area contributed by atoms with E-state index in [1.54, 1.807) is 0 Å². The van der Waals surface area contributed by atoms with E-state index in [1.165, 1.54) is 0 Å². The van der Waals surface area contributed by atoms with E-state index in [-0.39, 0.29) is 12.3 Å². The highest BCUT2D eigenvalue weighted by molar-refractivity contribution is 6.11. The Kier molecular flexibility index (Phi) is 2.32. The fourth-order valence-electron chi connectivity index (χ4n) is 2.01. The monoisotopic (exact) mass is 202 g/mol. The van der Waals surface area contributed by atoms with Crippen molar-refractivity contribution in [1.29, 1.82) is 0 Å². The number of benzene rings is 1. The van der Waals surface area contributed by atoms with Crippen molar-refractivity contribution in [3.8, 4) is 0 Å². The number of ketones is 1. The van der Waals surface area contributed by atoms with Gasteiger partial charge in [0.25, 0.3) is 0 Å². The van der Waals surface area contributed by atoms with Gasteiger partial charge in [0, 0.05) is 22.2 Å². The molecule has 0 aliphatic rings. The maximum atomic E-state index is 11.7. The smallest absolute Gasteiger partial charge is 0.178 e. The second kappa shape index (κ2) is 3.51. The van der Waals surface area contributed by atoms with Crippen LogP contribution in [0.15, 0.2) is 18.2 Å². The Bertz CT molecular complexity index is 526. The molecule has 1 aromatic heterocycles. The van der Waals surface area contributed by atoms with Gasteiger partial charge in [-0.3, -0.25) is 4.79 Å². The quantitative estimate of drug-likeness (QED) is 0.731. The molecule has 0 radical (unpaired) electrons. The molecule has 3 N–H and O–H groups in total. The van der Waals surface area contributed by atoms with Gasteiger partial charge in [-0.25, -0.2) is 0 Å². The molecule has 1 aromatic carbocycles. The van der Waals surface area contributed by atoms with E-state index in [0.29, 0.717) is 0 Å². The summed E-state index contributed by atoms with van der Waals surface area (Å²) in [6.07, 6.45) is 0. The van der Waals surface area contributed by atoms with Crippen molar-refractivity contribution in [3.05, 3.63) is 35.0 Å². The standard InChI is InChI=1S/C12H14N2O/c1-7-4-3-5-9-11(7)12(8(2)14-9)10(15)6-13/h3-5,14H,6,13H2,1-2H3. The second-order valence-corrected chi connectivity index (χ2v) is 3.75. The summed E-state index contributed by atoms with van der Waals surface area (Å²) >= 11 is 0. The minimum atomic E-state index is -0.00644. The number of fused-ring (bicyclic) bond motifs is 1. The number of Topliss-reactive ketones (excluding diaryl/α,β-unsaturated/α-hetero) is 1. The van der Waals surface area contributed by atoms with Crippen molar-refractivity contribution in [2.24, 2.45) is 5.73 Å². The van der Waals surface area contributed by atoms with Crippen molar-refractivity contribution in [1.82, 2.24) is 4.98 Å². The van der Waals surface area contributed by atoms with Crippen molar-refractivity contribution in [2.75, 3.05) is 6.54 Å². The van der Waals surface area contributed by atoms with Crippen LogP contribution in [0.4, 0.5) is 0 Å². The van der Waals surface area contributed by atoms with Crippen LogP contribution in [0.25, 0.3) is 10.9 Å². The first-order chi connectivity index (χ1) is 7.15. The molecule has 15 heavy (non-hydrogen) atoms. The van der Waals surface area contributed by atoms with Gasteiger partial charge in [0.05, 0.1) is 6.54 Å². The zero-order valence-electron chi connectivity index (χ0n) is 8.92. The minimum absolute atomic E-state index is 0.00644. The molecule has 3 nitrogen and oxygen atoms in total. The molecule has 0 aliphatic heterocycles. The number of hydrogen-bond donors (Lipinski definition) is 2. The largest absolute Gasteiger partial charge is 0.358 e. The summed E-state index contributed by atoms with van der Waals surface area (Å²) in [5, 5.41) is 1.01. The summed E-state index contributed by atoms with van der Waals surface area (Å²) in [4.78, 5) is 14.9. The third-order valence-electron chi connectivity index (χ3n) is 2.68. The zero-order valence-corrected chi connectivity index (χ0v) is 8.92. The number of aryl methyl sites for hydroxylation is 2. The Morgan fingerprint density at radius 3 is 2.80 bits per heavy atom. The van der Waals surface area contributed by atoms with E-state index in [0.717, 1.165) is 27.7 Å². The van der Waals surface area contributed by atoms with Gasteiger partial charge in [-0.1, -0.05) is 12.1 Å². The number of carbonyl (C=O) groups excluding carboxylic acids is 1. The van der Waals surface area contributed by atoms with Gasteiger partial charge >= 0.3 is 0 Å². The molecule has 0 fully saturated rings. The van der Waals surface area contributed by atoms with Crippen LogP contribution < -0.4 is 5.73 Å². The predicted octanol–water partition coefficient (Wildman–Crippen LogP) is 1.93. The number of hydrogen-bond acceptors (Lipinski definition) is 2. The maximum absolute atomic E-state index is 11.7. The fourth-order valence-corrected chi connectivity index (χ4v) is 2.01. The molecule has 0 atom stereocenters. The summed E-state index contributed by atoms with van der Waals surface area (Å²) in [5.41, 5.74) is 9.16. The van der Waals surface area contributed by atoms with Crippen LogP contribution in [0, 0.1) is 13.8 Å². The van der Waals surface area contributed by atoms with Gasteiger partial charge in [-0.05, 0) is 25.5 Å². The van der Waals surface area contributed by atoms with E-state index < -0.39 is 0 Å². The summed E-state index contributed by atoms with van der Waals surface area (Å²) < 4.78 is 0. The average molecular weight is 202 g/mol. The molecule has 0 saturated heterocycles. The van der Waals surface area contributed by atoms with Crippen LogP contribution in [-0.2, 0) is 0 Å². The Labute approximate surface area is 88.3 Å². The molecular formula is C12H14N2O. The van der Waals surface area contributed by atoms with E-state index in [1.807, 2.05) is 32.0 Å². The van der Waals surface area contributed by atoms with Crippen LogP contribution in [-0.4, -0.2) is 17.3 Å². The van der Waals surface area contributed by atoms with Gasteiger partial charge in [-0.2, -0.15) is 0 Å². The molecular weight excluding hydrogens is 188 g/mol. The summed E-state index contributed by atoms with van der Waals surface area (Å²) in [5.74, 6) is -0.00644. The Balaban J connectivity index is 2.82. The predicted molar refractivity (Wildman–Crippen MR) is 61.2 cm³/mol. The zero-order chi connectivity index (χ0) is 11.0. The van der Waals surface area contributed by atoms with Gasteiger partial charge in [0.15, 0.2) is 5.78 Å². The molecule has 2 rings (SSSR count). The number of aromatic nitrogens is 1. The first-order valence-corrected chi connectivity index (χ1v) is 4.96. The van der Waals surface area contributed by atoms with Crippen molar-refractivity contribution in [3.63, 3.8) is 0 Å². The molecule has 2 aromatic rings. The van der Waals surface area contributed by atoms with Crippen LogP contribution in [0.1, 0.15) is 21.6 Å². The van der Waals surface area contributed by atoms with Crippen LogP contribution in [0.3, 0.4) is 0 Å². The second-order valence-electron chi connectivity index (χ2n) is 3.75. The molecule has 0 unspecified atom stereocenters. The first-order valence-electron chi connectivity index (χ1n) is 4.96. The highest BCUT2D eigenvalue weighted by Gasteiger charge is 2.15. The molecule has 0 amide bonds. The van der Waals surface area contributed by atoms with E-state index in [9.17, 15) is 4.79 Å². The third-order valence-corrected chi connectivity index (χ3v) is 2.68. The van der Waals surface area contributed by atoms with Gasteiger partial charge in [0.1, 0.15) is 0 Å². The lowest BCUT2D eigenvalue weighted by Gasteiger charge is -2.00. The number of nitrogens with one attached hydrogen (secondary N) is 1. The molecule has 0 saturated carbocycles. The number of H-pyrrole nitrogens is 1. The lowest BCUT2D eigenvalue weighted by molar-refractivity contribution is 0.100. The number of aromatic amines is 1. The molecule has 1 heterocycles. The normalized spacial score (nSPS) is 10.9. The lowest BCUT2D eigenvalue weighted by atomic mass is 10.0. The average Bonchev–Trinajstić information content (AvgIpc) is 2.55. The molecule has 78 valence electrons. The lowest BCUT2D eigenvalue weighted by Crippen LogP contribution is -2.14. The van der Waals surface area contributed by atoms with Crippen molar-refractivity contribution >= 4 is 16.7 Å². The third kappa shape index (κ3) is 1.45. The van der Waals surface area contributed by atoms with Crippen LogP contribution in [0.2, 0.25) is 0 Å². The summed E-state index contributed by atoms with van der Waals surface area (Å²) in [6.45, 7) is 3.97. The minimum Gasteiger partial charge on any atom is -0.358 e. The van der Waals surface area contributed by atoms with Gasteiger partial charge < -0.3 is 10.7 Å². The SMILES string of the molecule is Cc1[nH]c2cccc(C)c2c1C(=O)CN. The summed E-state index contributed by atoms with van der Waals surface area (Å²) in [6, 6.07) is 5.95. The topological polar surface area (TPSA) is 58.9 Å². The van der Waals surface area contributed by atoms with E-state index in [4.69, 9.17) is 5.73 Å². The van der Waals surface area contributed by atoms with Crippen molar-refractivity contribution < 1.29 is 4.79 Å². The molecule has 3 heteroatoms. The van der Waals surface area contributed by atoms with Crippen LogP contribution in [0.5, 0.6) is 0 Å². The van der Waals surface area contributed by atoms with E-state index >= 15 is 0 Å². The van der Waals surface area contributed by atoms with Crippen molar-refractivity contribution in [2.45, 2.75) is 13.8 Å². The van der Waals surface area contributed by atoms with E-state index in [2.05, 4.69) is 4.98 Å². The van der Waals surface area contributed by atoms with Crippen LogP contribution >= 0.6 is 0 Å². The maximum Gasteiger partial charge on any atom is 0.178 e. The molecule has 0 aliphatic carbocycles. The molecule has 0 spiro atoms. The number of nitrogens with two attached hydrogens (primary N) is 1. The van der Waals surface area contributed by atoms with Gasteiger partial charge in [0.2, 0.25) is 0 Å². The highest BCUT2D eigenvalue weighted by atomic mass is 16.1. The molecule has 0 bridgehead atoms. The Morgan fingerprint density at radius 1 is 1.40 bits per heavy atom. The Hall–Kier alpha value is -1.61. The first kappa shape index (κ1) is 9.93. The Morgan fingerprint density at radius 2 is 2.13 bits per heavy atom. The fraction of sp³-hybridized carbons (Fsp3) is 0.250.